The number of allylic oxidation sites excluding steroid dienone is 2. The minimum absolute atomic E-state index is 0.153. The molecule has 0 radical (unpaired) electrons. The van der Waals surface area contributed by atoms with Gasteiger partial charge in [0.1, 0.15) is 17.5 Å². The van der Waals surface area contributed by atoms with E-state index in [4.69, 9.17) is 0 Å². The molecule has 0 heterocycles. The highest BCUT2D eigenvalue weighted by Gasteiger charge is 2.31. The van der Waals surface area contributed by atoms with E-state index in [1.165, 1.54) is 30.9 Å². The Labute approximate surface area is 233 Å². The lowest BCUT2D eigenvalue weighted by Crippen LogP contribution is -2.16. The molecule has 4 rings (SSSR count). The number of hydrogen-bond acceptors (Lipinski definition) is 0. The summed E-state index contributed by atoms with van der Waals surface area (Å²) in [4.78, 5) is 0. The molecule has 214 valence electrons. The van der Waals surface area contributed by atoms with Gasteiger partial charge in [-0.1, -0.05) is 68.3 Å². The molecule has 0 nitrogen and oxygen atoms in total. The number of rotatable bonds is 10. The van der Waals surface area contributed by atoms with Gasteiger partial charge in [0, 0.05) is 5.92 Å². The maximum Gasteiger partial charge on any atom is 0.412 e. The third kappa shape index (κ3) is 8.25. The van der Waals surface area contributed by atoms with Crippen molar-refractivity contribution in [3.8, 4) is 11.1 Å². The van der Waals surface area contributed by atoms with E-state index in [2.05, 4.69) is 19.1 Å². The third-order valence-electron chi connectivity index (χ3n) is 8.02. The van der Waals surface area contributed by atoms with Crippen molar-refractivity contribution in [2.75, 3.05) is 0 Å². The molecule has 1 aliphatic carbocycles. The highest BCUT2D eigenvalue weighted by atomic mass is 19.4. The lowest BCUT2D eigenvalue weighted by Gasteiger charge is -2.28. The van der Waals surface area contributed by atoms with Gasteiger partial charge in [-0.15, -0.1) is 0 Å². The van der Waals surface area contributed by atoms with E-state index in [9.17, 15) is 26.3 Å². The lowest BCUT2D eigenvalue weighted by atomic mass is 9.78. The van der Waals surface area contributed by atoms with Crippen molar-refractivity contribution in [3.05, 3.63) is 106 Å². The zero-order chi connectivity index (χ0) is 28.7. The van der Waals surface area contributed by atoms with Crippen LogP contribution in [0.5, 0.6) is 0 Å². The number of hydrogen-bond donors (Lipinski definition) is 0. The topological polar surface area (TPSA) is 0 Å². The summed E-state index contributed by atoms with van der Waals surface area (Å²) >= 11 is 0. The molecule has 1 aliphatic rings. The van der Waals surface area contributed by atoms with Crippen molar-refractivity contribution >= 4 is 0 Å². The predicted molar refractivity (Wildman–Crippen MR) is 149 cm³/mol. The van der Waals surface area contributed by atoms with E-state index < -0.39 is 17.9 Å². The summed E-state index contributed by atoms with van der Waals surface area (Å²) in [7, 11) is 0. The van der Waals surface area contributed by atoms with Crippen LogP contribution in [0.15, 0.2) is 72.6 Å². The molecule has 0 bridgehead atoms. The highest BCUT2D eigenvalue weighted by molar-refractivity contribution is 5.64. The van der Waals surface area contributed by atoms with E-state index >= 15 is 0 Å². The zero-order valence-electron chi connectivity index (χ0n) is 22.8. The van der Waals surface area contributed by atoms with Crippen LogP contribution in [0, 0.1) is 17.6 Å². The first-order valence-corrected chi connectivity index (χ1v) is 14.2. The molecule has 0 unspecified atom stereocenters. The average molecular weight is 559 g/mol. The van der Waals surface area contributed by atoms with Gasteiger partial charge in [-0.2, -0.15) is 13.2 Å². The van der Waals surface area contributed by atoms with Crippen molar-refractivity contribution in [3.63, 3.8) is 0 Å². The summed E-state index contributed by atoms with van der Waals surface area (Å²) in [6, 6.07) is 18.5. The smallest absolute Gasteiger partial charge is 0.212 e. The molecule has 0 N–H and O–H groups in total. The lowest BCUT2D eigenvalue weighted by molar-refractivity contribution is -0.0820. The Bertz CT molecular complexity index is 1280. The van der Waals surface area contributed by atoms with Crippen LogP contribution < -0.4 is 0 Å². The molecule has 1 saturated carbocycles. The van der Waals surface area contributed by atoms with Crippen LogP contribution in [0.3, 0.4) is 0 Å². The van der Waals surface area contributed by atoms with Gasteiger partial charge in [0.25, 0.3) is 0 Å². The van der Waals surface area contributed by atoms with Crippen molar-refractivity contribution < 1.29 is 26.3 Å². The van der Waals surface area contributed by atoms with Crippen molar-refractivity contribution in [2.24, 2.45) is 5.92 Å². The van der Waals surface area contributed by atoms with Crippen molar-refractivity contribution in [1.82, 2.24) is 0 Å². The maximum absolute atomic E-state index is 15.0. The fourth-order valence-corrected chi connectivity index (χ4v) is 5.66. The molecule has 1 fully saturated rings. The molecule has 0 spiro atoms. The standard InChI is InChI=1S/C34H36F6/c1-2-3-4-5-23-6-10-25(11-7-23)29-18-17-27(31(35)21-29)12-8-24-9-19-30(32(36)20-24)26-13-15-28(16-14-26)33(37)22-34(38,39)40/h6-7,9-11,17-22,26,28H,2-5,8,12-16H2,1H3. The van der Waals surface area contributed by atoms with E-state index in [1.54, 1.807) is 18.2 Å². The summed E-state index contributed by atoms with van der Waals surface area (Å²) in [6.45, 7) is 2.18. The van der Waals surface area contributed by atoms with Crippen LogP contribution in [-0.2, 0) is 19.3 Å². The maximum atomic E-state index is 15.0. The number of aryl methyl sites for hydroxylation is 3. The van der Waals surface area contributed by atoms with E-state index in [1.807, 2.05) is 24.3 Å². The largest absolute Gasteiger partial charge is 0.412 e. The number of alkyl halides is 3. The predicted octanol–water partition coefficient (Wildman–Crippen LogP) is 10.8. The number of unbranched alkanes of at least 4 members (excludes halogenated alkanes) is 2. The first kappa shape index (κ1) is 30.0. The molecule has 0 amide bonds. The van der Waals surface area contributed by atoms with Gasteiger partial charge in [-0.25, -0.2) is 13.2 Å². The van der Waals surface area contributed by atoms with Crippen LogP contribution in [0.2, 0.25) is 0 Å². The van der Waals surface area contributed by atoms with Gasteiger partial charge in [0.05, 0.1) is 6.08 Å². The Balaban J connectivity index is 1.32. The SMILES string of the molecule is CCCCCc1ccc(-c2ccc(CCc3ccc(C4CCC(C(F)=CC(F)(F)F)CC4)c(F)c3)c(F)c2)cc1. The van der Waals surface area contributed by atoms with Crippen LogP contribution in [0.1, 0.15) is 80.0 Å². The Kier molecular flexibility index (Phi) is 10.2. The number of benzene rings is 3. The first-order chi connectivity index (χ1) is 19.1. The molecule has 6 heteroatoms. The Hall–Kier alpha value is -3.02. The van der Waals surface area contributed by atoms with Gasteiger partial charge in [-0.3, -0.25) is 0 Å². The molecule has 40 heavy (non-hydrogen) atoms. The molecule has 3 aromatic rings. The van der Waals surface area contributed by atoms with Gasteiger partial charge < -0.3 is 0 Å². The fourth-order valence-electron chi connectivity index (χ4n) is 5.66. The average Bonchev–Trinajstić information content (AvgIpc) is 2.92. The van der Waals surface area contributed by atoms with E-state index in [0.717, 1.165) is 23.1 Å². The quantitative estimate of drug-likeness (QED) is 0.172. The first-order valence-electron chi connectivity index (χ1n) is 14.2. The summed E-state index contributed by atoms with van der Waals surface area (Å²) in [6.07, 6.45) is 1.94. The van der Waals surface area contributed by atoms with Crippen LogP contribution >= 0.6 is 0 Å². The summed E-state index contributed by atoms with van der Waals surface area (Å²) in [5, 5.41) is 0. The number of halogens is 6. The highest BCUT2D eigenvalue weighted by Crippen LogP contribution is 2.41. The van der Waals surface area contributed by atoms with Crippen LogP contribution in [0.4, 0.5) is 26.3 Å². The van der Waals surface area contributed by atoms with Gasteiger partial charge in [0.15, 0.2) is 0 Å². The molecule has 0 aromatic heterocycles. The summed E-state index contributed by atoms with van der Waals surface area (Å²) in [5.41, 5.74) is 4.89. The molecular formula is C34H36F6. The summed E-state index contributed by atoms with van der Waals surface area (Å²) < 4.78 is 81.1. The van der Waals surface area contributed by atoms with E-state index in [0.29, 0.717) is 36.8 Å². The van der Waals surface area contributed by atoms with Gasteiger partial charge >= 0.3 is 6.18 Å². The van der Waals surface area contributed by atoms with Crippen LogP contribution in [-0.4, -0.2) is 6.18 Å². The fraction of sp³-hybridized carbons (Fsp3) is 0.412. The van der Waals surface area contributed by atoms with E-state index in [-0.39, 0.29) is 36.5 Å². The molecule has 3 aromatic carbocycles. The molecule has 0 saturated heterocycles. The Morgan fingerprint density at radius 3 is 2.05 bits per heavy atom. The second-order valence-corrected chi connectivity index (χ2v) is 10.9. The summed E-state index contributed by atoms with van der Waals surface area (Å²) in [5.74, 6) is -2.72. The third-order valence-corrected chi connectivity index (χ3v) is 8.02. The normalized spacial score (nSPS) is 18.2. The Morgan fingerprint density at radius 2 is 1.43 bits per heavy atom. The van der Waals surface area contributed by atoms with Crippen LogP contribution in [0.25, 0.3) is 11.1 Å². The second kappa shape index (κ2) is 13.6. The minimum atomic E-state index is -4.67. The zero-order valence-corrected chi connectivity index (χ0v) is 22.8. The van der Waals surface area contributed by atoms with Crippen molar-refractivity contribution in [2.45, 2.75) is 83.2 Å². The molecule has 0 aliphatic heterocycles. The van der Waals surface area contributed by atoms with Gasteiger partial charge in [0.2, 0.25) is 0 Å². The minimum Gasteiger partial charge on any atom is -0.212 e. The molecular weight excluding hydrogens is 522 g/mol. The Morgan fingerprint density at radius 1 is 0.750 bits per heavy atom. The van der Waals surface area contributed by atoms with Gasteiger partial charge in [-0.05, 0) is 103 Å². The molecule has 0 atom stereocenters. The van der Waals surface area contributed by atoms with Crippen molar-refractivity contribution in [1.29, 1.82) is 0 Å². The monoisotopic (exact) mass is 558 g/mol. The second-order valence-electron chi connectivity index (χ2n) is 10.9.